The zero-order chi connectivity index (χ0) is 25.5. The van der Waals surface area contributed by atoms with Crippen LogP contribution in [0.2, 0.25) is 0 Å². The second kappa shape index (κ2) is 12.3. The van der Waals surface area contributed by atoms with Crippen molar-refractivity contribution in [3.05, 3.63) is 60.7 Å². The van der Waals surface area contributed by atoms with Gasteiger partial charge in [0.15, 0.2) is 6.29 Å². The van der Waals surface area contributed by atoms with E-state index >= 15 is 0 Å². The molecular formula is C24H30N4O8. The molecule has 194 valence electrons. The van der Waals surface area contributed by atoms with Crippen molar-refractivity contribution in [3.8, 4) is 0 Å². The summed E-state index contributed by atoms with van der Waals surface area (Å²) in [6.07, 6.45) is -9.13. The third kappa shape index (κ3) is 6.24. The lowest BCUT2D eigenvalue weighted by molar-refractivity contribution is -0.316. The smallest absolute Gasteiger partial charge is 0.187 e. The first-order valence-electron chi connectivity index (χ1n) is 11.5. The first kappa shape index (κ1) is 26.1. The Kier molecular flexibility index (Phi) is 8.96. The fourth-order valence-electron chi connectivity index (χ4n) is 3.84. The largest absolute Gasteiger partial charge is 0.394 e. The molecule has 0 radical (unpaired) electrons. The van der Waals surface area contributed by atoms with Crippen LogP contribution >= 0.6 is 0 Å². The SMILES string of the molecule is OC[C@@H]1O[C@H](O[C@@H]2[C@H](O)CO[C@@H]2C(/C=N/Nc2ccccc2)=N\Nc2ccccc2)[C@H](O)[C@H](O)[C@@H]1O. The summed E-state index contributed by atoms with van der Waals surface area (Å²) < 4.78 is 17.0. The van der Waals surface area contributed by atoms with Crippen LogP contribution in [0.1, 0.15) is 0 Å². The quantitative estimate of drug-likeness (QED) is 0.175. The Bertz CT molecular complexity index is 1010. The Morgan fingerprint density at radius 2 is 1.56 bits per heavy atom. The molecule has 2 aliphatic rings. The van der Waals surface area contributed by atoms with E-state index in [1.807, 2.05) is 60.7 Å². The predicted octanol–water partition coefficient (Wildman–Crippen LogP) is -0.503. The molecule has 12 nitrogen and oxygen atoms in total. The maximum absolute atomic E-state index is 10.6. The van der Waals surface area contributed by atoms with Gasteiger partial charge in [-0.15, -0.1) is 0 Å². The summed E-state index contributed by atoms with van der Waals surface area (Å²) in [6, 6.07) is 18.4. The summed E-state index contributed by atoms with van der Waals surface area (Å²) >= 11 is 0. The number of nitrogens with one attached hydrogen (secondary N) is 2. The second-order valence-electron chi connectivity index (χ2n) is 8.37. The summed E-state index contributed by atoms with van der Waals surface area (Å²) in [6.45, 7) is -0.708. The average molecular weight is 503 g/mol. The van der Waals surface area contributed by atoms with Crippen molar-refractivity contribution >= 4 is 23.3 Å². The van der Waals surface area contributed by atoms with Gasteiger partial charge >= 0.3 is 0 Å². The van der Waals surface area contributed by atoms with Gasteiger partial charge in [-0.1, -0.05) is 36.4 Å². The molecular weight excluding hydrogens is 472 g/mol. The van der Waals surface area contributed by atoms with E-state index in [1.165, 1.54) is 6.21 Å². The monoisotopic (exact) mass is 502 g/mol. The summed E-state index contributed by atoms with van der Waals surface area (Å²) in [5.74, 6) is 0. The number of benzene rings is 2. The Morgan fingerprint density at radius 3 is 2.19 bits per heavy atom. The summed E-state index contributed by atoms with van der Waals surface area (Å²) in [4.78, 5) is 0. The van der Waals surface area contributed by atoms with Crippen LogP contribution in [0.15, 0.2) is 70.9 Å². The van der Waals surface area contributed by atoms with Gasteiger partial charge in [-0.05, 0) is 24.3 Å². The maximum Gasteiger partial charge on any atom is 0.187 e. The number of nitrogens with zero attached hydrogens (tertiary/aromatic N) is 2. The summed E-state index contributed by atoms with van der Waals surface area (Å²) in [5, 5.41) is 59.1. The van der Waals surface area contributed by atoms with Crippen LogP contribution in [0.4, 0.5) is 11.4 Å². The van der Waals surface area contributed by atoms with Crippen LogP contribution < -0.4 is 10.9 Å². The molecule has 2 heterocycles. The fourth-order valence-corrected chi connectivity index (χ4v) is 3.84. The lowest BCUT2D eigenvalue weighted by Gasteiger charge is -2.41. The normalized spacial score (nSPS) is 33.1. The van der Waals surface area contributed by atoms with Crippen LogP contribution in [0, 0.1) is 0 Å². The molecule has 0 bridgehead atoms. The topological polar surface area (TPSA) is 178 Å². The molecule has 8 atom stereocenters. The third-order valence-electron chi connectivity index (χ3n) is 5.81. The van der Waals surface area contributed by atoms with Crippen molar-refractivity contribution in [2.45, 2.75) is 49.0 Å². The van der Waals surface area contributed by atoms with Crippen molar-refractivity contribution in [1.29, 1.82) is 0 Å². The lowest BCUT2D eigenvalue weighted by Crippen LogP contribution is -2.60. The minimum atomic E-state index is -1.63. The van der Waals surface area contributed by atoms with Crippen LogP contribution in [0.5, 0.6) is 0 Å². The van der Waals surface area contributed by atoms with E-state index in [4.69, 9.17) is 14.2 Å². The number of anilines is 2. The van der Waals surface area contributed by atoms with E-state index < -0.39 is 55.6 Å². The number of hydrogen-bond acceptors (Lipinski definition) is 12. The minimum Gasteiger partial charge on any atom is -0.394 e. The molecule has 0 aromatic heterocycles. The van der Waals surface area contributed by atoms with Gasteiger partial charge in [0.25, 0.3) is 0 Å². The van der Waals surface area contributed by atoms with Crippen LogP contribution in [-0.4, -0.2) is 99.7 Å². The highest BCUT2D eigenvalue weighted by molar-refractivity contribution is 6.33. The van der Waals surface area contributed by atoms with E-state index in [2.05, 4.69) is 21.1 Å². The van der Waals surface area contributed by atoms with E-state index in [9.17, 15) is 25.5 Å². The molecule has 0 aliphatic carbocycles. The maximum atomic E-state index is 10.6. The molecule has 0 unspecified atom stereocenters. The molecule has 7 N–H and O–H groups in total. The highest BCUT2D eigenvalue weighted by Crippen LogP contribution is 2.27. The third-order valence-corrected chi connectivity index (χ3v) is 5.81. The Balaban J connectivity index is 1.54. The Morgan fingerprint density at radius 1 is 0.917 bits per heavy atom. The second-order valence-corrected chi connectivity index (χ2v) is 8.37. The molecule has 2 aromatic carbocycles. The van der Waals surface area contributed by atoms with Gasteiger partial charge in [0.05, 0.1) is 30.8 Å². The molecule has 12 heteroatoms. The van der Waals surface area contributed by atoms with Crippen molar-refractivity contribution in [1.82, 2.24) is 0 Å². The molecule has 36 heavy (non-hydrogen) atoms. The summed E-state index contributed by atoms with van der Waals surface area (Å²) in [7, 11) is 0. The van der Waals surface area contributed by atoms with Gasteiger partial charge in [0.2, 0.25) is 0 Å². The number of rotatable bonds is 9. The van der Waals surface area contributed by atoms with Gasteiger partial charge in [0.1, 0.15) is 48.4 Å². The van der Waals surface area contributed by atoms with Gasteiger partial charge in [-0.2, -0.15) is 10.2 Å². The molecule has 0 spiro atoms. The number of aliphatic hydroxyl groups is 5. The van der Waals surface area contributed by atoms with Crippen LogP contribution in [0.3, 0.4) is 0 Å². The zero-order valence-electron chi connectivity index (χ0n) is 19.2. The Labute approximate surface area is 207 Å². The molecule has 4 rings (SSSR count). The van der Waals surface area contributed by atoms with Gasteiger partial charge < -0.3 is 39.7 Å². The van der Waals surface area contributed by atoms with Crippen molar-refractivity contribution in [3.63, 3.8) is 0 Å². The lowest BCUT2D eigenvalue weighted by atomic mass is 9.99. The van der Waals surface area contributed by atoms with E-state index in [0.29, 0.717) is 5.69 Å². The molecule has 2 saturated heterocycles. The molecule has 0 amide bonds. The average Bonchev–Trinajstić information content (AvgIpc) is 3.27. The highest BCUT2D eigenvalue weighted by Gasteiger charge is 2.48. The fraction of sp³-hybridized carbons (Fsp3) is 0.417. The van der Waals surface area contributed by atoms with Gasteiger partial charge in [0, 0.05) is 0 Å². The first-order chi connectivity index (χ1) is 17.5. The first-order valence-corrected chi connectivity index (χ1v) is 11.5. The van der Waals surface area contributed by atoms with Crippen molar-refractivity contribution in [2.24, 2.45) is 10.2 Å². The standard InChI is InChI=1S/C24H30N4O8/c29-12-18-19(31)20(32)21(33)24(35-18)36-23-17(30)13-34-22(23)16(28-27-15-9-5-2-6-10-15)11-25-26-14-7-3-1-4-8-14/h1-11,17-24,26-27,29-33H,12-13H2/b25-11+,28-16-/t17-,18+,19-,20-,21-,22-,23-,24-/m1/s1. The highest BCUT2D eigenvalue weighted by atomic mass is 16.7. The number of hydrazone groups is 2. The van der Waals surface area contributed by atoms with Crippen LogP contribution in [-0.2, 0) is 14.2 Å². The molecule has 0 saturated carbocycles. The molecule has 2 aromatic rings. The van der Waals surface area contributed by atoms with E-state index in [0.717, 1.165) is 5.69 Å². The van der Waals surface area contributed by atoms with E-state index in [1.54, 1.807) is 0 Å². The molecule has 2 aliphatic heterocycles. The number of ether oxygens (including phenoxy) is 3. The Hall–Kier alpha value is -2.94. The molecule has 2 fully saturated rings. The van der Waals surface area contributed by atoms with Gasteiger partial charge in [-0.25, -0.2) is 0 Å². The summed E-state index contributed by atoms with van der Waals surface area (Å²) in [5.41, 5.74) is 7.49. The van der Waals surface area contributed by atoms with Crippen LogP contribution in [0.25, 0.3) is 0 Å². The van der Waals surface area contributed by atoms with E-state index in [-0.39, 0.29) is 12.3 Å². The van der Waals surface area contributed by atoms with Crippen molar-refractivity contribution < 1.29 is 39.7 Å². The number of aliphatic hydroxyl groups excluding tert-OH is 5. The van der Waals surface area contributed by atoms with Gasteiger partial charge in [-0.3, -0.25) is 10.9 Å². The minimum absolute atomic E-state index is 0.100. The number of hydrogen-bond donors (Lipinski definition) is 7. The predicted molar refractivity (Wildman–Crippen MR) is 130 cm³/mol. The van der Waals surface area contributed by atoms with Crippen molar-refractivity contribution in [2.75, 3.05) is 24.1 Å². The number of para-hydroxylation sites is 2. The zero-order valence-corrected chi connectivity index (χ0v) is 19.2.